The van der Waals surface area contributed by atoms with Crippen molar-refractivity contribution in [1.82, 2.24) is 0 Å². The van der Waals surface area contributed by atoms with Gasteiger partial charge in [-0.05, 0) is 0 Å². The van der Waals surface area contributed by atoms with Gasteiger partial charge in [-0.1, -0.05) is 0 Å². The molecule has 0 aliphatic heterocycles. The Morgan fingerprint density at radius 1 is 1.14 bits per heavy atom. The van der Waals surface area contributed by atoms with Crippen LogP contribution in [0.4, 0.5) is 0 Å². The smallest absolute Gasteiger partial charge is 0.547 e. The Balaban J connectivity index is 0. The summed E-state index contributed by atoms with van der Waals surface area (Å²) in [5, 5.41) is 44.8. The number of aliphatic hydroxyl groups is 4. The molecule has 0 saturated heterocycles. The molecule has 0 aromatic carbocycles. The summed E-state index contributed by atoms with van der Waals surface area (Å²) in [7, 11) is 0. The summed E-state index contributed by atoms with van der Waals surface area (Å²) >= 11 is 0. The van der Waals surface area contributed by atoms with Gasteiger partial charge in [-0.15, -0.1) is 0 Å². The predicted octanol–water partition coefficient (Wildman–Crippen LogP) is -7.62. The van der Waals surface area contributed by atoms with E-state index in [4.69, 9.17) is 20.4 Å². The van der Waals surface area contributed by atoms with Gasteiger partial charge in [0.05, 0.1) is 5.97 Å². The van der Waals surface area contributed by atoms with E-state index in [-0.39, 0.29) is 35.8 Å². The second kappa shape index (κ2) is 7.30. The van der Waals surface area contributed by atoms with Crippen molar-refractivity contribution in [2.45, 2.75) is 24.4 Å². The quantitative estimate of drug-likeness (QED) is 0.264. The Labute approximate surface area is 101 Å². The first-order valence-electron chi connectivity index (χ1n) is 3.30. The van der Waals surface area contributed by atoms with E-state index in [0.717, 1.165) is 0 Å². The maximum Gasteiger partial charge on any atom is 1.00 e. The number of hydrogen-bond donors (Lipinski definition) is 4. The van der Waals surface area contributed by atoms with Gasteiger partial charge < -0.3 is 35.1 Å². The molecule has 0 heterocycles. The molecule has 0 aromatic heterocycles. The van der Waals surface area contributed by atoms with Crippen LogP contribution in [0.5, 0.6) is 0 Å². The Hall–Kier alpha value is -0.0200. The molecule has 0 unspecified atom stereocenters. The standard InChI is InChI=1S/C6H10O7.Na/c7-1-2(8)3(9)4(10)5(11)6(12)13;/h1-5,8-11H,(H,12,13);/q;+1/p-1/t2-,3+,4-,5-;/m1./s1. The Kier molecular flexibility index (Phi) is 8.55. The van der Waals surface area contributed by atoms with Crippen LogP contribution in [0.2, 0.25) is 0 Å². The summed E-state index contributed by atoms with van der Waals surface area (Å²) in [4.78, 5) is 19.8. The van der Waals surface area contributed by atoms with Crippen LogP contribution >= 0.6 is 0 Å². The minimum absolute atomic E-state index is 0. The molecule has 76 valence electrons. The fraction of sp³-hybridized carbons (Fsp3) is 0.667. The van der Waals surface area contributed by atoms with Crippen LogP contribution in [0.15, 0.2) is 0 Å². The molecule has 14 heavy (non-hydrogen) atoms. The van der Waals surface area contributed by atoms with Crippen molar-refractivity contribution >= 4 is 12.3 Å². The molecule has 0 radical (unpaired) electrons. The first-order chi connectivity index (χ1) is 5.91. The molecular weight excluding hydrogens is 207 g/mol. The number of carboxylic acid groups (broad SMARTS) is 1. The largest absolute Gasteiger partial charge is 1.00 e. The first kappa shape index (κ1) is 16.4. The number of carbonyl (C=O) groups excluding carboxylic acids is 2. The van der Waals surface area contributed by atoms with Crippen molar-refractivity contribution in [2.75, 3.05) is 0 Å². The van der Waals surface area contributed by atoms with Crippen LogP contribution in [-0.4, -0.2) is 57.1 Å². The summed E-state index contributed by atoms with van der Waals surface area (Å²) in [5.74, 6) is -2.01. The number of aldehydes is 1. The Morgan fingerprint density at radius 3 is 1.86 bits per heavy atom. The molecule has 0 fully saturated rings. The third-order valence-electron chi connectivity index (χ3n) is 1.40. The van der Waals surface area contributed by atoms with Crippen LogP contribution in [-0.2, 0) is 9.59 Å². The van der Waals surface area contributed by atoms with Crippen molar-refractivity contribution in [2.24, 2.45) is 0 Å². The molecule has 0 rings (SSSR count). The van der Waals surface area contributed by atoms with Gasteiger partial charge in [0, 0.05) is 0 Å². The number of carboxylic acids is 1. The third-order valence-corrected chi connectivity index (χ3v) is 1.40. The average Bonchev–Trinajstić information content (AvgIpc) is 2.12. The molecule has 8 heteroatoms. The Bertz CT molecular complexity index is 197. The van der Waals surface area contributed by atoms with Crippen LogP contribution in [0.25, 0.3) is 0 Å². The van der Waals surface area contributed by atoms with E-state index in [0.29, 0.717) is 0 Å². The zero-order valence-corrected chi connectivity index (χ0v) is 9.40. The Morgan fingerprint density at radius 2 is 1.57 bits per heavy atom. The third kappa shape index (κ3) is 4.47. The summed E-state index contributed by atoms with van der Waals surface area (Å²) < 4.78 is 0. The summed E-state index contributed by atoms with van der Waals surface area (Å²) in [6.45, 7) is 0. The monoisotopic (exact) mass is 216 g/mol. The van der Waals surface area contributed by atoms with E-state index >= 15 is 0 Å². The second-order valence-corrected chi connectivity index (χ2v) is 2.37. The summed E-state index contributed by atoms with van der Waals surface area (Å²) in [6, 6.07) is 0. The predicted molar refractivity (Wildman–Crippen MR) is 35.1 cm³/mol. The summed E-state index contributed by atoms with van der Waals surface area (Å²) in [6.07, 6.45) is -8.65. The van der Waals surface area contributed by atoms with Crippen molar-refractivity contribution in [3.63, 3.8) is 0 Å². The molecule has 0 bridgehead atoms. The van der Waals surface area contributed by atoms with Crippen LogP contribution in [0, 0.1) is 0 Å². The molecular formula is C6H9NaO7. The summed E-state index contributed by atoms with van der Waals surface area (Å²) in [5.41, 5.74) is 0. The molecule has 4 N–H and O–H groups in total. The maximum atomic E-state index is 9.95. The molecule has 4 atom stereocenters. The fourth-order valence-corrected chi connectivity index (χ4v) is 0.609. The minimum Gasteiger partial charge on any atom is -0.547 e. The zero-order chi connectivity index (χ0) is 10.6. The van der Waals surface area contributed by atoms with Crippen molar-refractivity contribution in [3.05, 3.63) is 0 Å². The molecule has 0 aliphatic rings. The number of rotatable bonds is 5. The number of hydrogen-bond acceptors (Lipinski definition) is 7. The van der Waals surface area contributed by atoms with E-state index in [1.807, 2.05) is 0 Å². The van der Waals surface area contributed by atoms with Crippen LogP contribution in [0.3, 0.4) is 0 Å². The SMILES string of the molecule is O=C[C@@H](O)[C@H](O)[C@@H](O)[C@@H](O)C(=O)[O-].[Na+]. The molecule has 0 amide bonds. The van der Waals surface area contributed by atoms with Gasteiger partial charge in [-0.25, -0.2) is 0 Å². The van der Waals surface area contributed by atoms with Crippen LogP contribution in [0.1, 0.15) is 0 Å². The second-order valence-electron chi connectivity index (χ2n) is 2.37. The number of aliphatic carboxylic acids is 1. The van der Waals surface area contributed by atoms with Crippen molar-refractivity contribution in [1.29, 1.82) is 0 Å². The van der Waals surface area contributed by atoms with Crippen molar-refractivity contribution in [3.8, 4) is 0 Å². The van der Waals surface area contributed by atoms with E-state index < -0.39 is 30.4 Å². The zero-order valence-electron chi connectivity index (χ0n) is 7.40. The maximum absolute atomic E-state index is 9.95. The van der Waals surface area contributed by atoms with Gasteiger partial charge in [0.1, 0.15) is 24.4 Å². The van der Waals surface area contributed by atoms with Gasteiger partial charge in [-0.3, -0.25) is 0 Å². The van der Waals surface area contributed by atoms with E-state index in [1.165, 1.54) is 0 Å². The van der Waals surface area contributed by atoms with Gasteiger partial charge in [0.2, 0.25) is 0 Å². The fourth-order valence-electron chi connectivity index (χ4n) is 0.609. The number of carbonyl (C=O) groups is 2. The van der Waals surface area contributed by atoms with Gasteiger partial charge in [0.15, 0.2) is 6.29 Å². The number of aliphatic hydroxyl groups excluding tert-OH is 4. The van der Waals surface area contributed by atoms with Crippen molar-refractivity contribution < 1.29 is 64.7 Å². The molecule has 7 nitrogen and oxygen atoms in total. The first-order valence-corrected chi connectivity index (χ1v) is 3.30. The average molecular weight is 216 g/mol. The van der Waals surface area contributed by atoms with Crippen LogP contribution < -0.4 is 34.7 Å². The molecule has 0 spiro atoms. The van der Waals surface area contributed by atoms with Gasteiger partial charge in [0.25, 0.3) is 0 Å². The topological polar surface area (TPSA) is 138 Å². The van der Waals surface area contributed by atoms with E-state index in [2.05, 4.69) is 0 Å². The normalized spacial score (nSPS) is 18.6. The molecule has 0 saturated carbocycles. The molecule has 0 aliphatic carbocycles. The van der Waals surface area contributed by atoms with E-state index in [9.17, 15) is 14.7 Å². The van der Waals surface area contributed by atoms with E-state index in [1.54, 1.807) is 0 Å². The molecule has 0 aromatic rings. The van der Waals surface area contributed by atoms with Gasteiger partial charge >= 0.3 is 29.6 Å². The minimum atomic E-state index is -2.36. The van der Waals surface area contributed by atoms with Gasteiger partial charge in [-0.2, -0.15) is 0 Å².